The Bertz CT molecular complexity index is 1480. The van der Waals surface area contributed by atoms with Gasteiger partial charge in [-0.3, -0.25) is 0 Å². The lowest BCUT2D eigenvalue weighted by Crippen LogP contribution is -2.14. The summed E-state index contributed by atoms with van der Waals surface area (Å²) in [6.07, 6.45) is 7.08. The molecular formula is C33H30F6. The van der Waals surface area contributed by atoms with Gasteiger partial charge in [0.25, 0.3) is 0 Å². The highest BCUT2D eigenvalue weighted by Gasteiger charge is 2.26. The fourth-order valence-electron chi connectivity index (χ4n) is 6.00. The zero-order chi connectivity index (χ0) is 27.7. The molecule has 0 amide bonds. The largest absolute Gasteiger partial charge is 0.206 e. The highest BCUT2D eigenvalue weighted by Crippen LogP contribution is 2.40. The Labute approximate surface area is 224 Å². The molecule has 4 aromatic rings. The Morgan fingerprint density at radius 2 is 1.33 bits per heavy atom. The average Bonchev–Trinajstić information content (AvgIpc) is 2.93. The van der Waals surface area contributed by atoms with Crippen LogP contribution in [0.5, 0.6) is 0 Å². The van der Waals surface area contributed by atoms with Gasteiger partial charge in [0.1, 0.15) is 5.82 Å². The van der Waals surface area contributed by atoms with Crippen LogP contribution in [0.3, 0.4) is 0 Å². The van der Waals surface area contributed by atoms with Gasteiger partial charge in [-0.25, -0.2) is 26.3 Å². The van der Waals surface area contributed by atoms with E-state index in [0.717, 1.165) is 49.8 Å². The van der Waals surface area contributed by atoms with Crippen molar-refractivity contribution in [3.8, 4) is 11.1 Å². The lowest BCUT2D eigenvalue weighted by molar-refractivity contribution is 0.303. The van der Waals surface area contributed by atoms with E-state index < -0.39 is 40.3 Å². The summed E-state index contributed by atoms with van der Waals surface area (Å²) in [5.74, 6) is -6.42. The lowest BCUT2D eigenvalue weighted by Gasteiger charge is -2.29. The second-order valence-corrected chi connectivity index (χ2v) is 10.7. The highest BCUT2D eigenvalue weighted by molar-refractivity contribution is 5.84. The second kappa shape index (κ2) is 11.4. The predicted octanol–water partition coefficient (Wildman–Crippen LogP) is 10.2. The van der Waals surface area contributed by atoms with Crippen molar-refractivity contribution in [2.75, 3.05) is 0 Å². The molecule has 0 aromatic heterocycles. The highest BCUT2D eigenvalue weighted by atomic mass is 19.2. The molecule has 0 aliphatic heterocycles. The number of halogens is 6. The minimum atomic E-state index is -1.70. The van der Waals surface area contributed by atoms with E-state index in [1.165, 1.54) is 12.5 Å². The first-order valence-corrected chi connectivity index (χ1v) is 13.6. The van der Waals surface area contributed by atoms with Gasteiger partial charge >= 0.3 is 0 Å². The fraction of sp³-hybridized carbons (Fsp3) is 0.333. The summed E-state index contributed by atoms with van der Waals surface area (Å²) < 4.78 is 85.8. The van der Waals surface area contributed by atoms with Gasteiger partial charge in [-0.15, -0.1) is 0 Å². The molecule has 1 saturated carbocycles. The third kappa shape index (κ3) is 5.57. The first-order valence-electron chi connectivity index (χ1n) is 13.6. The maximum atomic E-state index is 15.1. The molecule has 39 heavy (non-hydrogen) atoms. The van der Waals surface area contributed by atoms with Gasteiger partial charge in [-0.1, -0.05) is 62.2 Å². The molecule has 1 fully saturated rings. The van der Waals surface area contributed by atoms with Crippen molar-refractivity contribution >= 4 is 10.8 Å². The molecule has 0 saturated heterocycles. The van der Waals surface area contributed by atoms with Gasteiger partial charge in [-0.2, -0.15) is 0 Å². The summed E-state index contributed by atoms with van der Waals surface area (Å²) in [6.45, 7) is 2.18. The Morgan fingerprint density at radius 3 is 2.03 bits per heavy atom. The summed E-state index contributed by atoms with van der Waals surface area (Å²) in [6, 6.07) is 13.7. The molecule has 1 aliphatic carbocycles. The van der Waals surface area contributed by atoms with Gasteiger partial charge < -0.3 is 0 Å². The summed E-state index contributed by atoms with van der Waals surface area (Å²) >= 11 is 0. The zero-order valence-electron chi connectivity index (χ0n) is 21.8. The van der Waals surface area contributed by atoms with Crippen LogP contribution in [0.25, 0.3) is 21.9 Å². The monoisotopic (exact) mass is 540 g/mol. The third-order valence-corrected chi connectivity index (χ3v) is 8.15. The number of rotatable bonds is 7. The molecule has 1 aliphatic rings. The van der Waals surface area contributed by atoms with Crippen LogP contribution in [0.15, 0.2) is 54.6 Å². The second-order valence-electron chi connectivity index (χ2n) is 10.7. The summed E-state index contributed by atoms with van der Waals surface area (Å²) in [5.41, 5.74) is 2.60. The normalized spacial score (nSPS) is 17.6. The zero-order valence-corrected chi connectivity index (χ0v) is 21.8. The van der Waals surface area contributed by atoms with Crippen molar-refractivity contribution in [1.29, 1.82) is 0 Å². The van der Waals surface area contributed by atoms with Crippen LogP contribution < -0.4 is 0 Å². The summed E-state index contributed by atoms with van der Waals surface area (Å²) in [4.78, 5) is 0. The van der Waals surface area contributed by atoms with E-state index in [-0.39, 0.29) is 16.9 Å². The van der Waals surface area contributed by atoms with Crippen molar-refractivity contribution in [2.45, 2.75) is 64.2 Å². The fourth-order valence-corrected chi connectivity index (χ4v) is 6.00. The molecule has 4 aromatic carbocycles. The van der Waals surface area contributed by atoms with Gasteiger partial charge in [0.2, 0.25) is 0 Å². The van der Waals surface area contributed by atoms with Gasteiger partial charge in [-0.05, 0) is 90.1 Å². The standard InChI is InChI=1S/C33H30F6/c1-2-3-19-6-10-22(11-7-19)25-14-15-26(31(37)30(25)36)23-12-8-20(9-13-23)4-5-21-16-24-18-28(35)32(38)33(39)29(24)27(34)17-21/h8-9,12-19,22H,2-7,10-11H2,1H3. The SMILES string of the molecule is CCCC1CCC(c2ccc(-c3ccc(CCc4cc(F)c5c(F)c(F)c(F)cc5c4)cc3)c(F)c2F)CC1. The van der Waals surface area contributed by atoms with Crippen LogP contribution >= 0.6 is 0 Å². The molecule has 0 spiro atoms. The molecular weight excluding hydrogens is 510 g/mol. The van der Waals surface area contributed by atoms with Crippen LogP contribution in [-0.4, -0.2) is 0 Å². The maximum Gasteiger partial charge on any atom is 0.195 e. The van der Waals surface area contributed by atoms with Crippen molar-refractivity contribution in [2.24, 2.45) is 5.92 Å². The van der Waals surface area contributed by atoms with Crippen LogP contribution in [0, 0.1) is 40.8 Å². The molecule has 0 radical (unpaired) electrons. The van der Waals surface area contributed by atoms with E-state index in [9.17, 15) is 17.6 Å². The molecule has 6 heteroatoms. The Balaban J connectivity index is 1.28. The van der Waals surface area contributed by atoms with Crippen LogP contribution in [0.2, 0.25) is 0 Å². The molecule has 0 unspecified atom stereocenters. The summed E-state index contributed by atoms with van der Waals surface area (Å²) in [5, 5.41) is -0.627. The van der Waals surface area contributed by atoms with E-state index in [1.54, 1.807) is 36.4 Å². The molecule has 0 heterocycles. The van der Waals surface area contributed by atoms with E-state index >= 15 is 8.78 Å². The first-order chi connectivity index (χ1) is 18.8. The number of benzene rings is 4. The van der Waals surface area contributed by atoms with Gasteiger partial charge in [0.05, 0.1) is 5.39 Å². The van der Waals surface area contributed by atoms with Crippen LogP contribution in [0.4, 0.5) is 26.3 Å². The van der Waals surface area contributed by atoms with Crippen molar-refractivity contribution < 1.29 is 26.3 Å². The predicted molar refractivity (Wildman–Crippen MR) is 143 cm³/mol. The molecule has 204 valence electrons. The Morgan fingerprint density at radius 1 is 0.641 bits per heavy atom. The topological polar surface area (TPSA) is 0 Å². The van der Waals surface area contributed by atoms with E-state index in [0.29, 0.717) is 35.4 Å². The third-order valence-electron chi connectivity index (χ3n) is 8.15. The first kappa shape index (κ1) is 27.3. The maximum absolute atomic E-state index is 15.1. The van der Waals surface area contributed by atoms with Crippen LogP contribution in [-0.2, 0) is 12.8 Å². The molecule has 0 bridgehead atoms. The number of hydrogen-bond donors (Lipinski definition) is 0. The van der Waals surface area contributed by atoms with Gasteiger partial charge in [0, 0.05) is 5.56 Å². The lowest BCUT2D eigenvalue weighted by atomic mass is 9.77. The minimum Gasteiger partial charge on any atom is -0.206 e. The summed E-state index contributed by atoms with van der Waals surface area (Å²) in [7, 11) is 0. The van der Waals surface area contributed by atoms with Gasteiger partial charge in [0.15, 0.2) is 29.1 Å². The minimum absolute atomic E-state index is 0.0494. The van der Waals surface area contributed by atoms with E-state index in [2.05, 4.69) is 6.92 Å². The number of fused-ring (bicyclic) bond motifs is 1. The van der Waals surface area contributed by atoms with Crippen molar-refractivity contribution in [3.63, 3.8) is 0 Å². The Hall–Kier alpha value is -3.28. The quantitative estimate of drug-likeness (QED) is 0.162. The Kier molecular flexibility index (Phi) is 8.01. The number of aryl methyl sites for hydroxylation is 2. The van der Waals surface area contributed by atoms with Crippen molar-refractivity contribution in [3.05, 3.63) is 106 Å². The molecule has 0 nitrogen and oxygen atoms in total. The average molecular weight is 541 g/mol. The molecule has 0 atom stereocenters. The smallest absolute Gasteiger partial charge is 0.195 e. The molecule has 5 rings (SSSR count). The molecule has 0 N–H and O–H groups in total. The van der Waals surface area contributed by atoms with E-state index in [4.69, 9.17) is 0 Å². The van der Waals surface area contributed by atoms with Crippen LogP contribution in [0.1, 0.15) is 68.1 Å². The van der Waals surface area contributed by atoms with Crippen molar-refractivity contribution in [1.82, 2.24) is 0 Å². The van der Waals surface area contributed by atoms with E-state index in [1.807, 2.05) is 0 Å². The number of hydrogen-bond acceptors (Lipinski definition) is 0.